The van der Waals surface area contributed by atoms with Crippen LogP contribution in [0, 0.1) is 11.3 Å². The fraction of sp³-hybridized carbons (Fsp3) is 0.400. The van der Waals surface area contributed by atoms with Crippen molar-refractivity contribution in [3.8, 4) is 11.9 Å². The third-order valence-electron chi connectivity index (χ3n) is 2.14. The van der Waals surface area contributed by atoms with Gasteiger partial charge in [-0.1, -0.05) is 0 Å². The van der Waals surface area contributed by atoms with E-state index >= 15 is 0 Å². The van der Waals surface area contributed by atoms with Gasteiger partial charge in [0.1, 0.15) is 5.56 Å². The lowest BCUT2D eigenvalue weighted by Gasteiger charge is -2.18. The van der Waals surface area contributed by atoms with Crippen LogP contribution in [0.3, 0.4) is 0 Å². The average Bonchev–Trinajstić information content (AvgIpc) is 2.27. The van der Waals surface area contributed by atoms with E-state index in [0.717, 1.165) is 0 Å². The zero-order valence-electron chi connectivity index (χ0n) is 9.44. The number of nitriles is 1. The van der Waals surface area contributed by atoms with Gasteiger partial charge in [-0.3, -0.25) is 0 Å². The van der Waals surface area contributed by atoms with Gasteiger partial charge in [0.2, 0.25) is 5.88 Å². The number of alkyl halides is 7. The van der Waals surface area contributed by atoms with Crippen LogP contribution < -0.4 is 4.74 Å². The topological polar surface area (TPSA) is 45.9 Å². The van der Waals surface area contributed by atoms with Crippen molar-refractivity contribution in [3.63, 3.8) is 0 Å². The molecule has 110 valence electrons. The number of nitrogens with zero attached hydrogens (tertiary/aromatic N) is 2. The van der Waals surface area contributed by atoms with Crippen molar-refractivity contribution < 1.29 is 31.1 Å². The molecule has 0 amide bonds. The number of hydrogen-bond donors (Lipinski definition) is 0. The van der Waals surface area contributed by atoms with Gasteiger partial charge in [-0.2, -0.15) is 18.4 Å². The number of hydrogen-bond acceptors (Lipinski definition) is 3. The predicted octanol–water partition coefficient (Wildman–Crippen LogP) is 3.80. The Balaban J connectivity index is 3.51. The average molecular weight is 319 g/mol. The van der Waals surface area contributed by atoms with Crippen molar-refractivity contribution in [2.75, 3.05) is 0 Å². The van der Waals surface area contributed by atoms with Crippen LogP contribution in [0.25, 0.3) is 0 Å². The van der Waals surface area contributed by atoms with E-state index in [1.807, 2.05) is 0 Å². The molecule has 1 rings (SSSR count). The van der Waals surface area contributed by atoms with E-state index in [-0.39, 0.29) is 5.56 Å². The SMILES string of the molecule is N#CCc1cnc(OC(F)(F)F)c(C(F)(F)F)c1CCl. The van der Waals surface area contributed by atoms with Gasteiger partial charge in [-0.25, -0.2) is 4.98 Å². The lowest BCUT2D eigenvalue weighted by atomic mass is 10.0. The van der Waals surface area contributed by atoms with Crippen LogP contribution in [0.5, 0.6) is 5.88 Å². The highest BCUT2D eigenvalue weighted by molar-refractivity contribution is 6.17. The summed E-state index contributed by atoms with van der Waals surface area (Å²) < 4.78 is 78.1. The van der Waals surface area contributed by atoms with Crippen LogP contribution in [0.1, 0.15) is 16.7 Å². The van der Waals surface area contributed by atoms with Gasteiger partial charge >= 0.3 is 12.5 Å². The molecule has 0 spiro atoms. The second-order valence-corrected chi connectivity index (χ2v) is 3.72. The molecule has 0 aromatic carbocycles. The zero-order valence-corrected chi connectivity index (χ0v) is 10.2. The first-order valence-electron chi connectivity index (χ1n) is 4.86. The standard InChI is InChI=1S/C10H5ClF6N2O/c11-3-6-5(1-2-18)4-19-8(20-10(15,16)17)7(6)9(12,13)14/h4H,1,3H2. The summed E-state index contributed by atoms with van der Waals surface area (Å²) in [5, 5.41) is 8.48. The maximum absolute atomic E-state index is 12.9. The minimum absolute atomic E-state index is 0.204. The summed E-state index contributed by atoms with van der Waals surface area (Å²) in [6.45, 7) is 0. The molecule has 0 fully saturated rings. The van der Waals surface area contributed by atoms with Gasteiger partial charge in [-0.15, -0.1) is 24.8 Å². The van der Waals surface area contributed by atoms with Crippen molar-refractivity contribution in [1.29, 1.82) is 5.26 Å². The summed E-state index contributed by atoms with van der Waals surface area (Å²) in [6.07, 6.45) is -10.2. The van der Waals surface area contributed by atoms with E-state index < -0.39 is 41.8 Å². The number of rotatable bonds is 3. The first-order chi connectivity index (χ1) is 9.10. The zero-order chi connectivity index (χ0) is 15.6. The molecule has 0 aliphatic heterocycles. The minimum Gasteiger partial charge on any atom is -0.387 e. The van der Waals surface area contributed by atoms with E-state index in [1.165, 1.54) is 0 Å². The number of pyridine rings is 1. The van der Waals surface area contributed by atoms with Crippen molar-refractivity contribution in [2.24, 2.45) is 0 Å². The molecule has 0 aliphatic carbocycles. The summed E-state index contributed by atoms with van der Waals surface area (Å²) >= 11 is 5.35. The fourth-order valence-electron chi connectivity index (χ4n) is 1.44. The lowest BCUT2D eigenvalue weighted by molar-refractivity contribution is -0.277. The Labute approximate surface area is 113 Å². The Bertz CT molecular complexity index is 534. The van der Waals surface area contributed by atoms with Crippen molar-refractivity contribution >= 4 is 11.6 Å². The molecular formula is C10H5ClF6N2O. The smallest absolute Gasteiger partial charge is 0.387 e. The summed E-state index contributed by atoms with van der Waals surface area (Å²) in [4.78, 5) is 2.99. The molecule has 3 nitrogen and oxygen atoms in total. The van der Waals surface area contributed by atoms with E-state index in [9.17, 15) is 26.3 Å². The van der Waals surface area contributed by atoms with Gasteiger partial charge in [0.05, 0.1) is 12.5 Å². The van der Waals surface area contributed by atoms with Crippen LogP contribution in [0.4, 0.5) is 26.3 Å². The van der Waals surface area contributed by atoms with E-state index in [2.05, 4.69) is 9.72 Å². The molecule has 0 unspecified atom stereocenters. The van der Waals surface area contributed by atoms with Crippen LogP contribution in [0.2, 0.25) is 0 Å². The maximum atomic E-state index is 12.9. The Morgan fingerprint density at radius 3 is 2.25 bits per heavy atom. The Hall–Kier alpha value is -1.69. The van der Waals surface area contributed by atoms with Gasteiger partial charge in [0.15, 0.2) is 0 Å². The summed E-state index contributed by atoms with van der Waals surface area (Å²) in [7, 11) is 0. The highest BCUT2D eigenvalue weighted by atomic mass is 35.5. The molecule has 0 atom stereocenters. The van der Waals surface area contributed by atoms with Crippen LogP contribution in [0.15, 0.2) is 6.20 Å². The molecule has 20 heavy (non-hydrogen) atoms. The van der Waals surface area contributed by atoms with Gasteiger partial charge in [-0.05, 0) is 11.1 Å². The molecule has 1 aromatic heterocycles. The molecule has 0 radical (unpaired) electrons. The fourth-order valence-corrected chi connectivity index (χ4v) is 1.74. The van der Waals surface area contributed by atoms with E-state index in [0.29, 0.717) is 6.20 Å². The first-order valence-corrected chi connectivity index (χ1v) is 5.40. The third-order valence-corrected chi connectivity index (χ3v) is 2.41. The quantitative estimate of drug-likeness (QED) is 0.629. The highest BCUT2D eigenvalue weighted by Crippen LogP contribution is 2.41. The largest absolute Gasteiger partial charge is 0.574 e. The van der Waals surface area contributed by atoms with Crippen LogP contribution in [-0.2, 0) is 18.5 Å². The van der Waals surface area contributed by atoms with Crippen molar-refractivity contribution in [3.05, 3.63) is 22.9 Å². The monoisotopic (exact) mass is 318 g/mol. The Morgan fingerprint density at radius 1 is 1.25 bits per heavy atom. The van der Waals surface area contributed by atoms with Crippen LogP contribution in [-0.4, -0.2) is 11.3 Å². The van der Waals surface area contributed by atoms with Crippen molar-refractivity contribution in [2.45, 2.75) is 24.8 Å². The minimum atomic E-state index is -5.33. The summed E-state index contributed by atoms with van der Waals surface area (Å²) in [5.74, 6) is -2.37. The normalized spacial score (nSPS) is 12.1. The van der Waals surface area contributed by atoms with Gasteiger partial charge in [0.25, 0.3) is 0 Å². The maximum Gasteiger partial charge on any atom is 0.574 e. The Kier molecular flexibility index (Phi) is 4.70. The Morgan fingerprint density at radius 2 is 1.85 bits per heavy atom. The second kappa shape index (κ2) is 5.75. The third kappa shape index (κ3) is 3.90. The summed E-state index contributed by atoms with van der Waals surface area (Å²) in [5.41, 5.74) is -2.59. The van der Waals surface area contributed by atoms with E-state index in [1.54, 1.807) is 6.07 Å². The molecule has 1 heterocycles. The molecule has 0 N–H and O–H groups in total. The molecule has 10 heteroatoms. The predicted molar refractivity (Wildman–Crippen MR) is 54.8 cm³/mol. The molecule has 1 aromatic rings. The number of aromatic nitrogens is 1. The van der Waals surface area contributed by atoms with Gasteiger partial charge < -0.3 is 4.74 Å². The molecule has 0 aliphatic rings. The van der Waals surface area contributed by atoms with E-state index in [4.69, 9.17) is 16.9 Å². The summed E-state index contributed by atoms with van der Waals surface area (Å²) in [6, 6.07) is 1.58. The van der Waals surface area contributed by atoms with Crippen molar-refractivity contribution in [1.82, 2.24) is 4.98 Å². The molecule has 0 saturated heterocycles. The molecule has 0 saturated carbocycles. The number of ether oxygens (including phenoxy) is 1. The lowest BCUT2D eigenvalue weighted by Crippen LogP contribution is -2.22. The second-order valence-electron chi connectivity index (χ2n) is 3.46. The first kappa shape index (κ1) is 16.4. The molecule has 0 bridgehead atoms. The molecular weight excluding hydrogens is 314 g/mol. The van der Waals surface area contributed by atoms with Gasteiger partial charge in [0, 0.05) is 12.1 Å². The van der Waals surface area contributed by atoms with Crippen LogP contribution >= 0.6 is 11.6 Å². The number of halogens is 7. The highest BCUT2D eigenvalue weighted by Gasteiger charge is 2.42.